The van der Waals surface area contributed by atoms with Crippen LogP contribution in [0.25, 0.3) is 0 Å². The van der Waals surface area contributed by atoms with Gasteiger partial charge in [-0.25, -0.2) is 4.79 Å². The van der Waals surface area contributed by atoms with Gasteiger partial charge < -0.3 is 9.64 Å². The van der Waals surface area contributed by atoms with Gasteiger partial charge in [0.1, 0.15) is 0 Å². The molecule has 0 bridgehead atoms. The van der Waals surface area contributed by atoms with Crippen LogP contribution in [-0.2, 0) is 17.7 Å². The van der Waals surface area contributed by atoms with Gasteiger partial charge in [-0.3, -0.25) is 0 Å². The lowest BCUT2D eigenvalue weighted by atomic mass is 10.0. The molecular weight excluding hydrogens is 178 g/mol. The molecule has 0 saturated carbocycles. The Morgan fingerprint density at radius 2 is 2.07 bits per heavy atom. The summed E-state index contributed by atoms with van der Waals surface area (Å²) in [7, 11) is 1.42. The molecule has 0 N–H and O–H groups in total. The highest BCUT2D eigenvalue weighted by molar-refractivity contribution is 5.67. The van der Waals surface area contributed by atoms with Crippen molar-refractivity contribution >= 4 is 6.09 Å². The van der Waals surface area contributed by atoms with Crippen LogP contribution in [0, 0.1) is 0 Å². The second-order valence-electron chi connectivity index (χ2n) is 3.41. The quantitative estimate of drug-likeness (QED) is 0.626. The Morgan fingerprint density at radius 3 is 2.79 bits per heavy atom. The molecule has 3 heteroatoms. The molecule has 1 aromatic rings. The molecule has 0 saturated heterocycles. The molecule has 1 amide bonds. The minimum atomic E-state index is -0.237. The van der Waals surface area contributed by atoms with E-state index in [-0.39, 0.29) is 6.09 Å². The van der Waals surface area contributed by atoms with Crippen molar-refractivity contribution in [1.29, 1.82) is 0 Å². The predicted octanol–water partition coefficient (Wildman–Crippen LogP) is 1.81. The zero-order valence-corrected chi connectivity index (χ0v) is 8.19. The summed E-state index contributed by atoms with van der Waals surface area (Å²) in [4.78, 5) is 13.0. The molecule has 1 aromatic carbocycles. The van der Waals surface area contributed by atoms with Crippen molar-refractivity contribution in [2.24, 2.45) is 0 Å². The maximum Gasteiger partial charge on any atom is 0.409 e. The first-order valence-corrected chi connectivity index (χ1v) is 4.71. The molecule has 0 spiro atoms. The van der Waals surface area contributed by atoms with Crippen molar-refractivity contribution in [1.82, 2.24) is 4.90 Å². The minimum absolute atomic E-state index is 0.237. The Hall–Kier alpha value is -1.51. The Labute approximate surface area is 83.3 Å². The van der Waals surface area contributed by atoms with Crippen LogP contribution in [0.3, 0.4) is 0 Å². The topological polar surface area (TPSA) is 29.5 Å². The molecule has 0 unspecified atom stereocenters. The van der Waals surface area contributed by atoms with E-state index in [2.05, 4.69) is 12.1 Å². The Morgan fingerprint density at radius 1 is 1.36 bits per heavy atom. The number of rotatable bonds is 0. The lowest BCUT2D eigenvalue weighted by Gasteiger charge is -2.27. The van der Waals surface area contributed by atoms with Crippen LogP contribution in [0.15, 0.2) is 24.3 Å². The number of amides is 1. The molecule has 14 heavy (non-hydrogen) atoms. The molecule has 2 rings (SSSR count). The predicted molar refractivity (Wildman–Crippen MR) is 53.0 cm³/mol. The SMILES string of the molecule is COC(=O)N1CCc2ccccc2C1. The van der Waals surface area contributed by atoms with Crippen LogP contribution in [0.5, 0.6) is 0 Å². The third-order valence-corrected chi connectivity index (χ3v) is 2.56. The van der Waals surface area contributed by atoms with Crippen molar-refractivity contribution in [3.8, 4) is 0 Å². The number of carbonyl (C=O) groups excluding carboxylic acids is 1. The van der Waals surface area contributed by atoms with Crippen LogP contribution >= 0.6 is 0 Å². The van der Waals surface area contributed by atoms with E-state index >= 15 is 0 Å². The van der Waals surface area contributed by atoms with Crippen LogP contribution in [0.1, 0.15) is 11.1 Å². The molecule has 1 aliphatic heterocycles. The number of hydrogen-bond acceptors (Lipinski definition) is 2. The first kappa shape index (κ1) is 9.06. The summed E-state index contributed by atoms with van der Waals surface area (Å²) in [5, 5.41) is 0. The summed E-state index contributed by atoms with van der Waals surface area (Å²) < 4.78 is 4.69. The third-order valence-electron chi connectivity index (χ3n) is 2.56. The second-order valence-corrected chi connectivity index (χ2v) is 3.41. The fourth-order valence-electron chi connectivity index (χ4n) is 1.78. The van der Waals surface area contributed by atoms with Gasteiger partial charge in [0.2, 0.25) is 0 Å². The zero-order valence-electron chi connectivity index (χ0n) is 8.19. The number of methoxy groups -OCH3 is 1. The summed E-state index contributed by atoms with van der Waals surface area (Å²) in [6.07, 6.45) is 0.685. The summed E-state index contributed by atoms with van der Waals surface area (Å²) in [6.45, 7) is 1.42. The van der Waals surface area contributed by atoms with Crippen LogP contribution in [0.4, 0.5) is 4.79 Å². The fourth-order valence-corrected chi connectivity index (χ4v) is 1.78. The molecule has 0 atom stereocenters. The Kier molecular flexibility index (Phi) is 2.39. The maximum absolute atomic E-state index is 11.3. The molecule has 1 heterocycles. The molecule has 0 radical (unpaired) electrons. The number of carbonyl (C=O) groups is 1. The van der Waals surface area contributed by atoms with E-state index < -0.39 is 0 Å². The average molecular weight is 191 g/mol. The molecule has 0 aliphatic carbocycles. The molecule has 1 aliphatic rings. The van der Waals surface area contributed by atoms with Crippen molar-refractivity contribution in [3.05, 3.63) is 35.4 Å². The van der Waals surface area contributed by atoms with Crippen molar-refractivity contribution in [3.63, 3.8) is 0 Å². The number of benzene rings is 1. The first-order valence-electron chi connectivity index (χ1n) is 4.71. The Balaban J connectivity index is 2.17. The first-order chi connectivity index (χ1) is 6.81. The zero-order chi connectivity index (χ0) is 9.97. The number of nitrogens with zero attached hydrogens (tertiary/aromatic N) is 1. The van der Waals surface area contributed by atoms with E-state index in [1.54, 1.807) is 4.90 Å². The average Bonchev–Trinajstić information content (AvgIpc) is 2.27. The van der Waals surface area contributed by atoms with Gasteiger partial charge >= 0.3 is 6.09 Å². The van der Waals surface area contributed by atoms with Gasteiger partial charge in [0.05, 0.1) is 7.11 Å². The van der Waals surface area contributed by atoms with Crippen LogP contribution in [-0.4, -0.2) is 24.6 Å². The number of hydrogen-bond donors (Lipinski definition) is 0. The van der Waals surface area contributed by atoms with E-state index in [0.717, 1.165) is 13.0 Å². The van der Waals surface area contributed by atoms with Crippen molar-refractivity contribution in [2.75, 3.05) is 13.7 Å². The summed E-state index contributed by atoms with van der Waals surface area (Å²) in [6, 6.07) is 8.21. The number of ether oxygens (including phenoxy) is 1. The highest BCUT2D eigenvalue weighted by atomic mass is 16.5. The summed E-state index contributed by atoms with van der Waals surface area (Å²) in [5.41, 5.74) is 2.57. The molecule has 3 nitrogen and oxygen atoms in total. The van der Waals surface area contributed by atoms with Gasteiger partial charge in [0.25, 0.3) is 0 Å². The standard InChI is InChI=1S/C11H13NO2/c1-14-11(13)12-7-6-9-4-2-3-5-10(9)8-12/h2-5H,6-8H2,1H3. The van der Waals surface area contributed by atoms with Gasteiger partial charge in [-0.15, -0.1) is 0 Å². The van der Waals surface area contributed by atoms with Gasteiger partial charge in [0.15, 0.2) is 0 Å². The van der Waals surface area contributed by atoms with Gasteiger partial charge in [0, 0.05) is 13.1 Å². The molecular formula is C11H13NO2. The van der Waals surface area contributed by atoms with E-state index in [9.17, 15) is 4.79 Å². The fraction of sp³-hybridized carbons (Fsp3) is 0.364. The monoisotopic (exact) mass is 191 g/mol. The van der Waals surface area contributed by atoms with Gasteiger partial charge in [-0.05, 0) is 17.5 Å². The van der Waals surface area contributed by atoms with Crippen LogP contribution < -0.4 is 0 Å². The largest absolute Gasteiger partial charge is 0.453 e. The number of fused-ring (bicyclic) bond motifs is 1. The molecule has 0 fully saturated rings. The summed E-state index contributed by atoms with van der Waals surface area (Å²) in [5.74, 6) is 0. The second kappa shape index (κ2) is 3.70. The molecule has 74 valence electrons. The Bertz CT molecular complexity index is 349. The van der Waals surface area contributed by atoms with E-state index in [1.165, 1.54) is 18.2 Å². The van der Waals surface area contributed by atoms with Crippen molar-refractivity contribution in [2.45, 2.75) is 13.0 Å². The third kappa shape index (κ3) is 1.58. The highest BCUT2D eigenvalue weighted by Crippen LogP contribution is 2.18. The highest BCUT2D eigenvalue weighted by Gasteiger charge is 2.20. The maximum atomic E-state index is 11.3. The lowest BCUT2D eigenvalue weighted by molar-refractivity contribution is 0.118. The van der Waals surface area contributed by atoms with Gasteiger partial charge in [-0.2, -0.15) is 0 Å². The lowest BCUT2D eigenvalue weighted by Crippen LogP contribution is -2.35. The van der Waals surface area contributed by atoms with Gasteiger partial charge in [-0.1, -0.05) is 24.3 Å². The smallest absolute Gasteiger partial charge is 0.409 e. The van der Waals surface area contributed by atoms with Crippen LogP contribution in [0.2, 0.25) is 0 Å². The van der Waals surface area contributed by atoms with E-state index in [0.29, 0.717) is 6.54 Å². The molecule has 0 aromatic heterocycles. The van der Waals surface area contributed by atoms with E-state index in [4.69, 9.17) is 4.74 Å². The summed E-state index contributed by atoms with van der Waals surface area (Å²) >= 11 is 0. The normalized spacial score (nSPS) is 14.8. The van der Waals surface area contributed by atoms with E-state index in [1.807, 2.05) is 12.1 Å². The minimum Gasteiger partial charge on any atom is -0.453 e. The van der Waals surface area contributed by atoms with Crippen molar-refractivity contribution < 1.29 is 9.53 Å².